The maximum absolute atomic E-state index is 2.41. The topological polar surface area (TPSA) is 0 Å². The monoisotopic (exact) mass is 168 g/mol. The standard InChI is InChI=1S/C12H24/c1-11(2)9-7-5-6-8-10-12(3)4/h9-12H,5-8H2,1-4H3. The highest BCUT2D eigenvalue weighted by Crippen LogP contribution is 2.11. The van der Waals surface area contributed by atoms with Gasteiger partial charge in [0.25, 0.3) is 0 Å². The first-order valence-electron chi connectivity index (χ1n) is 5.29. The van der Waals surface area contributed by atoms with Crippen LogP contribution in [0.4, 0.5) is 0 Å². The minimum Gasteiger partial charge on any atom is -0.0625 e. The summed E-state index contributed by atoms with van der Waals surface area (Å²) in [6.07, 6.45) is 10.1. The first kappa shape index (κ1) is 12.0. The van der Waals surface area contributed by atoms with Gasteiger partial charge in [0, 0.05) is 0 Å². The van der Waals surface area contributed by atoms with E-state index in [9.17, 15) is 0 Å². The molecule has 0 rings (SSSR count). The molecule has 0 heteroatoms. The van der Waals surface area contributed by atoms with Crippen molar-refractivity contribution in [3.63, 3.8) is 0 Å². The van der Waals surface area contributed by atoms with Crippen molar-refractivity contribution in [2.75, 3.05) is 0 Å². The molecular formula is C12H24. The second-order valence-electron chi connectivity index (χ2n) is 4.24. The Hall–Kier alpha value is 0. The molecule has 12 heavy (non-hydrogen) atoms. The van der Waals surface area contributed by atoms with Crippen LogP contribution in [0.1, 0.15) is 53.4 Å². The van der Waals surface area contributed by atoms with Gasteiger partial charge in [-0.05, 0) is 37.5 Å². The van der Waals surface area contributed by atoms with Crippen LogP contribution in [-0.2, 0) is 0 Å². The molecule has 0 aromatic heterocycles. The van der Waals surface area contributed by atoms with Crippen molar-refractivity contribution < 1.29 is 0 Å². The van der Waals surface area contributed by atoms with Crippen LogP contribution in [0, 0.1) is 24.7 Å². The highest BCUT2D eigenvalue weighted by molar-refractivity contribution is 4.71. The van der Waals surface area contributed by atoms with E-state index < -0.39 is 0 Å². The van der Waals surface area contributed by atoms with E-state index >= 15 is 0 Å². The SMILES string of the molecule is CC(C)[CH]CCCC[CH]C(C)C. The molecule has 0 saturated carbocycles. The summed E-state index contributed by atoms with van der Waals surface area (Å²) in [5, 5.41) is 0. The van der Waals surface area contributed by atoms with E-state index in [1.165, 1.54) is 25.7 Å². The average molecular weight is 168 g/mol. The maximum Gasteiger partial charge on any atom is -0.0360 e. The van der Waals surface area contributed by atoms with Crippen molar-refractivity contribution in [3.05, 3.63) is 12.8 Å². The minimum absolute atomic E-state index is 0.763. The number of unbranched alkanes of at least 4 members (excludes halogenated alkanes) is 3. The van der Waals surface area contributed by atoms with E-state index in [0.29, 0.717) is 0 Å². The van der Waals surface area contributed by atoms with Gasteiger partial charge in [-0.15, -0.1) is 0 Å². The molecular weight excluding hydrogens is 144 g/mol. The number of hydrogen-bond acceptors (Lipinski definition) is 0. The Bertz CT molecular complexity index is 70.0. The summed E-state index contributed by atoms with van der Waals surface area (Å²) >= 11 is 0. The largest absolute Gasteiger partial charge is 0.0625 e. The van der Waals surface area contributed by atoms with Crippen molar-refractivity contribution >= 4 is 0 Å². The van der Waals surface area contributed by atoms with Crippen molar-refractivity contribution in [1.29, 1.82) is 0 Å². The van der Waals surface area contributed by atoms with Gasteiger partial charge in [-0.2, -0.15) is 0 Å². The zero-order valence-corrected chi connectivity index (χ0v) is 9.14. The van der Waals surface area contributed by atoms with Crippen LogP contribution in [-0.4, -0.2) is 0 Å². The molecule has 0 bridgehead atoms. The summed E-state index contributed by atoms with van der Waals surface area (Å²) in [7, 11) is 0. The summed E-state index contributed by atoms with van der Waals surface area (Å²) < 4.78 is 0. The van der Waals surface area contributed by atoms with E-state index in [4.69, 9.17) is 0 Å². The van der Waals surface area contributed by atoms with Gasteiger partial charge < -0.3 is 0 Å². The second-order valence-corrected chi connectivity index (χ2v) is 4.24. The fraction of sp³-hybridized carbons (Fsp3) is 0.833. The van der Waals surface area contributed by atoms with Crippen molar-refractivity contribution in [3.8, 4) is 0 Å². The summed E-state index contributed by atoms with van der Waals surface area (Å²) in [4.78, 5) is 0. The lowest BCUT2D eigenvalue weighted by atomic mass is 10.0. The molecule has 0 aromatic rings. The molecule has 0 aliphatic carbocycles. The Morgan fingerprint density at radius 1 is 0.750 bits per heavy atom. The zero-order chi connectivity index (χ0) is 9.40. The van der Waals surface area contributed by atoms with E-state index in [1.807, 2.05) is 0 Å². The third-order valence-corrected chi connectivity index (χ3v) is 1.93. The molecule has 0 aliphatic heterocycles. The summed E-state index contributed by atoms with van der Waals surface area (Å²) in [6.45, 7) is 9.00. The van der Waals surface area contributed by atoms with Crippen LogP contribution in [0.5, 0.6) is 0 Å². The maximum atomic E-state index is 2.41. The third kappa shape index (κ3) is 10.0. The lowest BCUT2D eigenvalue weighted by Crippen LogP contribution is -1.90. The van der Waals surface area contributed by atoms with Crippen LogP contribution >= 0.6 is 0 Å². The van der Waals surface area contributed by atoms with E-state index in [-0.39, 0.29) is 0 Å². The highest BCUT2D eigenvalue weighted by Gasteiger charge is 1.96. The lowest BCUT2D eigenvalue weighted by Gasteiger charge is -2.05. The number of hydrogen-bond donors (Lipinski definition) is 0. The smallest absolute Gasteiger partial charge is 0.0360 e. The van der Waals surface area contributed by atoms with Gasteiger partial charge in [-0.1, -0.05) is 40.5 Å². The van der Waals surface area contributed by atoms with Crippen LogP contribution in [0.2, 0.25) is 0 Å². The van der Waals surface area contributed by atoms with Crippen molar-refractivity contribution in [1.82, 2.24) is 0 Å². The molecule has 0 N–H and O–H groups in total. The first-order chi connectivity index (χ1) is 5.63. The van der Waals surface area contributed by atoms with Crippen LogP contribution in [0.15, 0.2) is 0 Å². The predicted octanol–water partition coefficient (Wildman–Crippen LogP) is 4.27. The second kappa shape index (κ2) is 7.64. The van der Waals surface area contributed by atoms with Crippen LogP contribution < -0.4 is 0 Å². The van der Waals surface area contributed by atoms with Gasteiger partial charge in [-0.3, -0.25) is 0 Å². The van der Waals surface area contributed by atoms with Gasteiger partial charge in [0.1, 0.15) is 0 Å². The predicted molar refractivity (Wildman–Crippen MR) is 56.7 cm³/mol. The van der Waals surface area contributed by atoms with Gasteiger partial charge >= 0.3 is 0 Å². The van der Waals surface area contributed by atoms with Crippen LogP contribution in [0.25, 0.3) is 0 Å². The Kier molecular flexibility index (Phi) is 7.64. The molecule has 0 saturated heterocycles. The number of rotatable bonds is 7. The van der Waals surface area contributed by atoms with Crippen molar-refractivity contribution in [2.45, 2.75) is 53.4 Å². The van der Waals surface area contributed by atoms with Crippen LogP contribution in [0.3, 0.4) is 0 Å². The molecule has 72 valence electrons. The fourth-order valence-electron chi connectivity index (χ4n) is 1.19. The van der Waals surface area contributed by atoms with E-state index in [2.05, 4.69) is 40.5 Å². The Balaban J connectivity index is 2.91. The molecule has 0 spiro atoms. The van der Waals surface area contributed by atoms with Gasteiger partial charge in [0.2, 0.25) is 0 Å². The van der Waals surface area contributed by atoms with E-state index in [1.54, 1.807) is 0 Å². The van der Waals surface area contributed by atoms with Crippen molar-refractivity contribution in [2.24, 2.45) is 11.8 Å². The summed E-state index contributed by atoms with van der Waals surface area (Å²) in [5.41, 5.74) is 0. The molecule has 0 heterocycles. The minimum atomic E-state index is 0.763. The van der Waals surface area contributed by atoms with Gasteiger partial charge in [-0.25, -0.2) is 0 Å². The fourth-order valence-corrected chi connectivity index (χ4v) is 1.19. The summed E-state index contributed by atoms with van der Waals surface area (Å²) in [6, 6.07) is 0. The lowest BCUT2D eigenvalue weighted by molar-refractivity contribution is 0.616. The molecule has 0 fully saturated rings. The Labute approximate surface area is 78.8 Å². The molecule has 0 aromatic carbocycles. The molecule has 0 atom stereocenters. The van der Waals surface area contributed by atoms with Gasteiger partial charge in [0.15, 0.2) is 0 Å². The first-order valence-corrected chi connectivity index (χ1v) is 5.29. The zero-order valence-electron chi connectivity index (χ0n) is 9.14. The molecule has 0 aliphatic rings. The molecule has 0 nitrogen and oxygen atoms in total. The molecule has 2 radical (unpaired) electrons. The van der Waals surface area contributed by atoms with E-state index in [0.717, 1.165) is 11.8 Å². The van der Waals surface area contributed by atoms with Gasteiger partial charge in [0.05, 0.1) is 0 Å². The average Bonchev–Trinajstić information content (AvgIpc) is 1.95. The Morgan fingerprint density at radius 2 is 1.08 bits per heavy atom. The normalized spacial score (nSPS) is 11.5. The Morgan fingerprint density at radius 3 is 1.33 bits per heavy atom. The highest BCUT2D eigenvalue weighted by atomic mass is 14.0. The molecule has 0 amide bonds. The quantitative estimate of drug-likeness (QED) is 0.498. The molecule has 0 unspecified atom stereocenters. The summed E-state index contributed by atoms with van der Waals surface area (Å²) in [5.74, 6) is 1.53. The third-order valence-electron chi connectivity index (χ3n) is 1.93.